The standard InChI is InChI=1S/C8H13NO2/c10-7-3-4-8(11)9-5-1-2-6(7)9/h6-7,10H,1-5H2. The Kier molecular flexibility index (Phi) is 1.60. The lowest BCUT2D eigenvalue weighted by molar-refractivity contribution is -0.139. The van der Waals surface area contributed by atoms with E-state index >= 15 is 0 Å². The van der Waals surface area contributed by atoms with Crippen molar-refractivity contribution in [2.45, 2.75) is 37.8 Å². The number of carbonyl (C=O) groups excluding carboxylic acids is 1. The molecule has 2 unspecified atom stereocenters. The van der Waals surface area contributed by atoms with E-state index in [-0.39, 0.29) is 18.1 Å². The molecular weight excluding hydrogens is 142 g/mol. The van der Waals surface area contributed by atoms with Crippen molar-refractivity contribution in [1.29, 1.82) is 0 Å². The highest BCUT2D eigenvalue weighted by molar-refractivity contribution is 5.77. The van der Waals surface area contributed by atoms with E-state index in [9.17, 15) is 9.90 Å². The summed E-state index contributed by atoms with van der Waals surface area (Å²) in [5, 5.41) is 9.50. The van der Waals surface area contributed by atoms with Gasteiger partial charge >= 0.3 is 0 Å². The first-order valence-electron chi connectivity index (χ1n) is 4.26. The lowest BCUT2D eigenvalue weighted by Crippen LogP contribution is -2.47. The van der Waals surface area contributed by atoms with Gasteiger partial charge < -0.3 is 10.0 Å². The summed E-state index contributed by atoms with van der Waals surface area (Å²) in [6.45, 7) is 0.862. The van der Waals surface area contributed by atoms with Gasteiger partial charge in [0.25, 0.3) is 0 Å². The predicted molar refractivity (Wildman–Crippen MR) is 40.0 cm³/mol. The SMILES string of the molecule is O=C1CCC(O)C2CCCN12. The molecule has 62 valence electrons. The molecule has 2 atom stereocenters. The average molecular weight is 155 g/mol. The van der Waals surface area contributed by atoms with Crippen LogP contribution in [0.15, 0.2) is 0 Å². The van der Waals surface area contributed by atoms with Gasteiger partial charge in [0.1, 0.15) is 0 Å². The highest BCUT2D eigenvalue weighted by Crippen LogP contribution is 2.27. The van der Waals surface area contributed by atoms with Crippen LogP contribution in [0.1, 0.15) is 25.7 Å². The second-order valence-corrected chi connectivity index (χ2v) is 3.40. The van der Waals surface area contributed by atoms with E-state index in [1.54, 1.807) is 0 Å². The van der Waals surface area contributed by atoms with Crippen LogP contribution in [0.2, 0.25) is 0 Å². The van der Waals surface area contributed by atoms with Gasteiger partial charge in [-0.15, -0.1) is 0 Å². The van der Waals surface area contributed by atoms with E-state index < -0.39 is 0 Å². The van der Waals surface area contributed by atoms with E-state index in [0.29, 0.717) is 12.8 Å². The summed E-state index contributed by atoms with van der Waals surface area (Å²) in [5.41, 5.74) is 0. The smallest absolute Gasteiger partial charge is 0.223 e. The Labute approximate surface area is 66.0 Å². The predicted octanol–water partition coefficient (Wildman–Crippen LogP) is 0.132. The molecule has 0 aliphatic carbocycles. The molecule has 0 spiro atoms. The first-order valence-corrected chi connectivity index (χ1v) is 4.26. The first kappa shape index (κ1) is 7.10. The zero-order chi connectivity index (χ0) is 7.84. The maximum absolute atomic E-state index is 11.2. The van der Waals surface area contributed by atoms with Gasteiger partial charge in [0.05, 0.1) is 12.1 Å². The maximum Gasteiger partial charge on any atom is 0.223 e. The third-order valence-electron chi connectivity index (χ3n) is 2.72. The Bertz CT molecular complexity index is 181. The van der Waals surface area contributed by atoms with Crippen molar-refractivity contribution in [2.75, 3.05) is 6.54 Å². The Hall–Kier alpha value is -0.570. The molecule has 3 nitrogen and oxygen atoms in total. The van der Waals surface area contributed by atoms with E-state index in [1.165, 1.54) is 0 Å². The quantitative estimate of drug-likeness (QED) is 0.540. The summed E-state index contributed by atoms with van der Waals surface area (Å²) in [7, 11) is 0. The number of nitrogens with zero attached hydrogens (tertiary/aromatic N) is 1. The zero-order valence-corrected chi connectivity index (χ0v) is 6.49. The van der Waals surface area contributed by atoms with Gasteiger partial charge in [0, 0.05) is 13.0 Å². The van der Waals surface area contributed by atoms with Crippen LogP contribution < -0.4 is 0 Å². The molecule has 0 saturated carbocycles. The first-order chi connectivity index (χ1) is 5.29. The zero-order valence-electron chi connectivity index (χ0n) is 6.49. The summed E-state index contributed by atoms with van der Waals surface area (Å²) >= 11 is 0. The van der Waals surface area contributed by atoms with Crippen LogP contribution in [0, 0.1) is 0 Å². The molecule has 1 N–H and O–H groups in total. The Morgan fingerprint density at radius 3 is 3.00 bits per heavy atom. The van der Waals surface area contributed by atoms with Crippen LogP contribution in [0.4, 0.5) is 0 Å². The lowest BCUT2D eigenvalue weighted by Gasteiger charge is -2.33. The molecule has 1 amide bonds. The van der Waals surface area contributed by atoms with Gasteiger partial charge in [0.15, 0.2) is 0 Å². The summed E-state index contributed by atoms with van der Waals surface area (Å²) in [4.78, 5) is 13.1. The number of piperidine rings is 1. The largest absolute Gasteiger partial charge is 0.391 e. The van der Waals surface area contributed by atoms with Gasteiger partial charge in [-0.3, -0.25) is 4.79 Å². The number of amides is 1. The van der Waals surface area contributed by atoms with Gasteiger partial charge in [-0.05, 0) is 19.3 Å². The second-order valence-electron chi connectivity index (χ2n) is 3.40. The number of fused-ring (bicyclic) bond motifs is 1. The van der Waals surface area contributed by atoms with Crippen molar-refractivity contribution in [1.82, 2.24) is 4.90 Å². The molecule has 2 aliphatic heterocycles. The molecule has 2 aliphatic rings. The monoisotopic (exact) mass is 155 g/mol. The summed E-state index contributed by atoms with van der Waals surface area (Å²) < 4.78 is 0. The number of hydrogen-bond acceptors (Lipinski definition) is 2. The Morgan fingerprint density at radius 1 is 1.45 bits per heavy atom. The Balaban J connectivity index is 2.14. The minimum atomic E-state index is -0.254. The molecule has 0 aromatic carbocycles. The summed E-state index contributed by atoms with van der Waals surface area (Å²) in [6.07, 6.45) is 3.01. The van der Waals surface area contributed by atoms with E-state index in [1.807, 2.05) is 4.90 Å². The summed E-state index contributed by atoms with van der Waals surface area (Å²) in [5.74, 6) is 0.234. The van der Waals surface area contributed by atoms with Crippen LogP contribution in [-0.4, -0.2) is 34.6 Å². The van der Waals surface area contributed by atoms with Crippen molar-refractivity contribution in [2.24, 2.45) is 0 Å². The van der Waals surface area contributed by atoms with Crippen molar-refractivity contribution in [3.05, 3.63) is 0 Å². The molecule has 0 aromatic heterocycles. The van der Waals surface area contributed by atoms with Crippen molar-refractivity contribution in [3.63, 3.8) is 0 Å². The fourth-order valence-electron chi connectivity index (χ4n) is 2.11. The van der Waals surface area contributed by atoms with Gasteiger partial charge in [-0.25, -0.2) is 0 Å². The van der Waals surface area contributed by atoms with Crippen LogP contribution in [0.25, 0.3) is 0 Å². The van der Waals surface area contributed by atoms with Crippen LogP contribution in [0.5, 0.6) is 0 Å². The minimum Gasteiger partial charge on any atom is -0.391 e. The molecule has 2 heterocycles. The number of carbonyl (C=O) groups is 1. The van der Waals surface area contributed by atoms with Crippen LogP contribution >= 0.6 is 0 Å². The number of aliphatic hydroxyl groups is 1. The molecule has 11 heavy (non-hydrogen) atoms. The normalized spacial score (nSPS) is 37.5. The number of hydrogen-bond donors (Lipinski definition) is 1. The Morgan fingerprint density at radius 2 is 2.27 bits per heavy atom. The molecule has 2 fully saturated rings. The molecule has 0 bridgehead atoms. The van der Waals surface area contributed by atoms with E-state index in [4.69, 9.17) is 0 Å². The maximum atomic E-state index is 11.2. The molecule has 0 radical (unpaired) electrons. The van der Waals surface area contributed by atoms with Crippen molar-refractivity contribution >= 4 is 5.91 Å². The molecule has 0 aromatic rings. The highest BCUT2D eigenvalue weighted by atomic mass is 16.3. The van der Waals surface area contributed by atoms with Gasteiger partial charge in [-0.2, -0.15) is 0 Å². The third kappa shape index (κ3) is 1.03. The van der Waals surface area contributed by atoms with Crippen molar-refractivity contribution in [3.8, 4) is 0 Å². The topological polar surface area (TPSA) is 40.5 Å². The number of rotatable bonds is 0. The molecule has 2 rings (SSSR count). The fraction of sp³-hybridized carbons (Fsp3) is 0.875. The second kappa shape index (κ2) is 2.48. The van der Waals surface area contributed by atoms with Crippen molar-refractivity contribution < 1.29 is 9.90 Å². The van der Waals surface area contributed by atoms with E-state index in [2.05, 4.69) is 0 Å². The molecule has 3 heteroatoms. The number of aliphatic hydroxyl groups excluding tert-OH is 1. The van der Waals surface area contributed by atoms with Crippen LogP contribution in [-0.2, 0) is 4.79 Å². The van der Waals surface area contributed by atoms with E-state index in [0.717, 1.165) is 19.4 Å². The lowest BCUT2D eigenvalue weighted by atomic mass is 9.99. The summed E-state index contributed by atoms with van der Waals surface area (Å²) in [6, 6.07) is 0.149. The third-order valence-corrected chi connectivity index (χ3v) is 2.72. The molecular formula is C8H13NO2. The highest BCUT2D eigenvalue weighted by Gasteiger charge is 2.37. The fourth-order valence-corrected chi connectivity index (χ4v) is 2.11. The van der Waals surface area contributed by atoms with Crippen LogP contribution in [0.3, 0.4) is 0 Å². The molecule has 2 saturated heterocycles. The average Bonchev–Trinajstić information content (AvgIpc) is 2.45. The van der Waals surface area contributed by atoms with Gasteiger partial charge in [0.2, 0.25) is 5.91 Å². The van der Waals surface area contributed by atoms with Gasteiger partial charge in [-0.1, -0.05) is 0 Å². The minimum absolute atomic E-state index is 0.149.